The summed E-state index contributed by atoms with van der Waals surface area (Å²) in [6, 6.07) is 9.08. The molecule has 5 nitrogen and oxygen atoms in total. The Morgan fingerprint density at radius 2 is 1.87 bits per heavy atom. The van der Waals surface area contributed by atoms with Crippen molar-refractivity contribution in [3.63, 3.8) is 0 Å². The zero-order valence-electron chi connectivity index (χ0n) is 14.5. The summed E-state index contributed by atoms with van der Waals surface area (Å²) >= 11 is 0. The Morgan fingerprint density at radius 1 is 1.22 bits per heavy atom. The highest BCUT2D eigenvalue weighted by Gasteiger charge is 2.36. The zero-order valence-corrected chi connectivity index (χ0v) is 15.5. The van der Waals surface area contributed by atoms with Crippen LogP contribution in [0.15, 0.2) is 30.8 Å². The molecule has 1 rings (SSSR count). The summed E-state index contributed by atoms with van der Waals surface area (Å²) in [5.74, 6) is 0. The maximum atomic E-state index is 6.21. The van der Waals surface area contributed by atoms with Gasteiger partial charge in [0, 0.05) is 40.0 Å². The largest absolute Gasteiger partial charge is 0.500 e. The number of rotatable bonds is 12. The molecule has 23 heavy (non-hydrogen) atoms. The molecule has 0 aromatic heterocycles. The Hall–Kier alpha value is -1.02. The highest BCUT2D eigenvalue weighted by molar-refractivity contribution is 6.60. The van der Waals surface area contributed by atoms with Crippen molar-refractivity contribution in [2.75, 3.05) is 34.4 Å². The van der Waals surface area contributed by atoms with Crippen LogP contribution in [0.3, 0.4) is 0 Å². The van der Waals surface area contributed by atoms with Gasteiger partial charge in [-0.15, -0.1) is 0 Å². The fraction of sp³-hybridized carbons (Fsp3) is 0.529. The van der Waals surface area contributed by atoms with Crippen LogP contribution in [0.5, 0.6) is 0 Å². The number of benzene rings is 1. The van der Waals surface area contributed by atoms with E-state index >= 15 is 0 Å². The molecule has 6 heteroatoms. The van der Waals surface area contributed by atoms with Gasteiger partial charge in [0.05, 0.1) is 0 Å². The first kappa shape index (κ1) is 20.0. The third-order valence-corrected chi connectivity index (χ3v) is 6.77. The molecule has 0 amide bonds. The van der Waals surface area contributed by atoms with Crippen molar-refractivity contribution in [1.82, 2.24) is 5.32 Å². The van der Waals surface area contributed by atoms with Crippen LogP contribution < -0.4 is 11.1 Å². The molecular formula is C17H30N2O3Si. The molecule has 1 aromatic rings. The van der Waals surface area contributed by atoms with Crippen molar-refractivity contribution in [3.05, 3.63) is 42.0 Å². The first-order valence-corrected chi connectivity index (χ1v) is 9.86. The second kappa shape index (κ2) is 10.7. The number of nitrogens with one attached hydrogen (secondary N) is 1. The zero-order chi connectivity index (χ0) is 17.1. The molecule has 1 aromatic carbocycles. The van der Waals surface area contributed by atoms with Crippen molar-refractivity contribution in [2.45, 2.75) is 24.9 Å². The maximum Gasteiger partial charge on any atom is 0.500 e. The van der Waals surface area contributed by atoms with Gasteiger partial charge in [0.1, 0.15) is 0 Å². The van der Waals surface area contributed by atoms with Crippen molar-refractivity contribution in [3.8, 4) is 0 Å². The van der Waals surface area contributed by atoms with E-state index in [4.69, 9.17) is 19.0 Å². The highest BCUT2D eigenvalue weighted by Crippen LogP contribution is 2.14. The van der Waals surface area contributed by atoms with Gasteiger partial charge < -0.3 is 24.3 Å². The Balaban J connectivity index is 2.29. The molecule has 0 bridgehead atoms. The van der Waals surface area contributed by atoms with Crippen LogP contribution in [-0.4, -0.2) is 49.3 Å². The summed E-state index contributed by atoms with van der Waals surface area (Å²) in [7, 11) is 2.47. The van der Waals surface area contributed by atoms with Gasteiger partial charge in [0.15, 0.2) is 0 Å². The summed E-state index contributed by atoms with van der Waals surface area (Å²) in [4.78, 5) is 0. The van der Waals surface area contributed by atoms with Crippen LogP contribution in [0, 0.1) is 0 Å². The predicted octanol–water partition coefficient (Wildman–Crippen LogP) is 2.06. The molecule has 0 spiro atoms. The monoisotopic (exact) mass is 338 g/mol. The molecule has 0 aliphatic carbocycles. The minimum absolute atomic E-state index is 0.0744. The van der Waals surface area contributed by atoms with Gasteiger partial charge in [-0.25, -0.2) is 0 Å². The molecule has 3 N–H and O–H groups in total. The first-order valence-electron chi connectivity index (χ1n) is 7.93. The lowest BCUT2D eigenvalue weighted by molar-refractivity contribution is 0.123. The summed E-state index contributed by atoms with van der Waals surface area (Å²) in [5.41, 5.74) is 8.60. The topological polar surface area (TPSA) is 65.7 Å². The van der Waals surface area contributed by atoms with Gasteiger partial charge in [0.2, 0.25) is 0 Å². The Kier molecular flexibility index (Phi) is 9.31. The lowest BCUT2D eigenvalue weighted by Crippen LogP contribution is -2.43. The third kappa shape index (κ3) is 6.54. The van der Waals surface area contributed by atoms with E-state index in [1.54, 1.807) is 21.3 Å². The molecule has 1 atom stereocenters. The fourth-order valence-corrected chi connectivity index (χ4v) is 4.27. The third-order valence-electron chi connectivity index (χ3n) is 3.93. The molecule has 0 saturated carbocycles. The average molecular weight is 339 g/mol. The molecule has 0 aliphatic rings. The lowest BCUT2D eigenvalue weighted by Gasteiger charge is -2.24. The van der Waals surface area contributed by atoms with Crippen molar-refractivity contribution < 1.29 is 13.3 Å². The lowest BCUT2D eigenvalue weighted by atomic mass is 10.0. The summed E-state index contributed by atoms with van der Waals surface area (Å²) in [6.07, 6.45) is 3.64. The normalized spacial score (nSPS) is 13.0. The molecule has 0 saturated heterocycles. The van der Waals surface area contributed by atoms with E-state index in [-0.39, 0.29) is 6.04 Å². The van der Waals surface area contributed by atoms with E-state index < -0.39 is 8.80 Å². The quantitative estimate of drug-likeness (QED) is 0.451. The SMILES string of the molecule is C=Cc1ccccc1CC(N)CNCCC[Si](OC)(OC)OC. The van der Waals surface area contributed by atoms with Crippen LogP contribution in [0.2, 0.25) is 6.04 Å². The van der Waals surface area contributed by atoms with E-state index in [2.05, 4.69) is 24.0 Å². The van der Waals surface area contributed by atoms with E-state index in [1.807, 2.05) is 18.2 Å². The molecule has 0 aliphatic heterocycles. The van der Waals surface area contributed by atoms with Crippen LogP contribution in [0.4, 0.5) is 0 Å². The van der Waals surface area contributed by atoms with Crippen LogP contribution in [0.25, 0.3) is 6.08 Å². The average Bonchev–Trinajstić information content (AvgIpc) is 2.59. The maximum absolute atomic E-state index is 6.21. The Labute approximate surface area is 141 Å². The Bertz CT molecular complexity index is 459. The number of hydrogen-bond acceptors (Lipinski definition) is 5. The predicted molar refractivity (Wildman–Crippen MR) is 97.3 cm³/mol. The van der Waals surface area contributed by atoms with Gasteiger partial charge in [-0.3, -0.25) is 0 Å². The summed E-state index contributed by atoms with van der Waals surface area (Å²) in [6.45, 7) is 5.48. The summed E-state index contributed by atoms with van der Waals surface area (Å²) in [5, 5.41) is 3.39. The second-order valence-corrected chi connectivity index (χ2v) is 8.56. The van der Waals surface area contributed by atoms with Crippen molar-refractivity contribution >= 4 is 14.9 Å². The van der Waals surface area contributed by atoms with Crippen LogP contribution >= 0.6 is 0 Å². The van der Waals surface area contributed by atoms with Gasteiger partial charge >= 0.3 is 8.80 Å². The molecule has 0 heterocycles. The van der Waals surface area contributed by atoms with E-state index in [0.717, 1.165) is 37.5 Å². The first-order chi connectivity index (χ1) is 11.1. The van der Waals surface area contributed by atoms with E-state index in [1.165, 1.54) is 5.56 Å². The Morgan fingerprint density at radius 3 is 2.48 bits per heavy atom. The summed E-state index contributed by atoms with van der Waals surface area (Å²) < 4.78 is 16.2. The minimum Gasteiger partial charge on any atom is -0.377 e. The van der Waals surface area contributed by atoms with Crippen molar-refractivity contribution in [2.24, 2.45) is 5.73 Å². The molecule has 0 radical (unpaired) electrons. The second-order valence-electron chi connectivity index (χ2n) is 5.47. The number of nitrogens with two attached hydrogens (primary N) is 1. The van der Waals surface area contributed by atoms with Crippen molar-refractivity contribution in [1.29, 1.82) is 0 Å². The highest BCUT2D eigenvalue weighted by atomic mass is 28.4. The van der Waals surface area contributed by atoms with E-state index in [9.17, 15) is 0 Å². The molecule has 1 unspecified atom stereocenters. The smallest absolute Gasteiger partial charge is 0.377 e. The molecular weight excluding hydrogens is 308 g/mol. The standard InChI is InChI=1S/C17H30N2O3Si/c1-5-15-9-6-7-10-16(15)13-17(18)14-19-11-8-12-23(20-2,21-3)22-4/h5-7,9-10,17,19H,1,8,11-14,18H2,2-4H3. The number of hydrogen-bond donors (Lipinski definition) is 2. The van der Waals surface area contributed by atoms with Crippen LogP contribution in [-0.2, 0) is 19.7 Å². The van der Waals surface area contributed by atoms with E-state index in [0.29, 0.717) is 0 Å². The van der Waals surface area contributed by atoms with Gasteiger partial charge in [-0.2, -0.15) is 0 Å². The van der Waals surface area contributed by atoms with Gasteiger partial charge in [0.25, 0.3) is 0 Å². The molecule has 0 fully saturated rings. The molecule has 130 valence electrons. The fourth-order valence-electron chi connectivity index (χ4n) is 2.55. The van der Waals surface area contributed by atoms with Crippen LogP contribution in [0.1, 0.15) is 17.5 Å². The minimum atomic E-state index is -2.45. The van der Waals surface area contributed by atoms with Gasteiger partial charge in [-0.1, -0.05) is 36.9 Å². The van der Waals surface area contributed by atoms with Gasteiger partial charge in [-0.05, 0) is 30.5 Å².